The van der Waals surface area contributed by atoms with E-state index in [1.165, 1.54) is 23.9 Å². The summed E-state index contributed by atoms with van der Waals surface area (Å²) >= 11 is 0. The standard InChI is InChI=1S/C18H19N3O3/c1-12(2)15-8-5-14(6-9-15)11-19-20-18(22)16-7-4-13(3)17(10-16)21(23)24/h4-12H,1-3H3,(H,20,22). The van der Waals surface area contributed by atoms with Crippen molar-refractivity contribution in [3.63, 3.8) is 0 Å². The molecule has 0 heterocycles. The van der Waals surface area contributed by atoms with E-state index in [0.29, 0.717) is 11.5 Å². The molecule has 2 aromatic carbocycles. The number of hydrogen-bond acceptors (Lipinski definition) is 4. The summed E-state index contributed by atoms with van der Waals surface area (Å²) in [5, 5.41) is 14.8. The summed E-state index contributed by atoms with van der Waals surface area (Å²) in [6.07, 6.45) is 1.53. The van der Waals surface area contributed by atoms with Crippen LogP contribution in [0.4, 0.5) is 5.69 Å². The molecule has 2 rings (SSSR count). The Bertz CT molecular complexity index is 781. The van der Waals surface area contributed by atoms with Crippen molar-refractivity contribution >= 4 is 17.8 Å². The number of nitro benzene ring substituents is 1. The number of benzene rings is 2. The minimum absolute atomic E-state index is 0.0871. The zero-order valence-electron chi connectivity index (χ0n) is 13.8. The van der Waals surface area contributed by atoms with Gasteiger partial charge in [-0.25, -0.2) is 5.43 Å². The number of amides is 1. The molecule has 124 valence electrons. The predicted molar refractivity (Wildman–Crippen MR) is 93.4 cm³/mol. The molecule has 0 fully saturated rings. The van der Waals surface area contributed by atoms with Crippen molar-refractivity contribution in [3.05, 3.63) is 74.8 Å². The summed E-state index contributed by atoms with van der Waals surface area (Å²) in [5.74, 6) is -0.0406. The van der Waals surface area contributed by atoms with Gasteiger partial charge in [-0.05, 0) is 30.0 Å². The highest BCUT2D eigenvalue weighted by Crippen LogP contribution is 2.19. The lowest BCUT2D eigenvalue weighted by molar-refractivity contribution is -0.385. The molecule has 0 aromatic heterocycles. The molecule has 1 N–H and O–H groups in total. The number of hydrazone groups is 1. The average molecular weight is 325 g/mol. The Morgan fingerprint density at radius 1 is 1.21 bits per heavy atom. The Morgan fingerprint density at radius 3 is 2.46 bits per heavy atom. The number of carbonyl (C=O) groups excluding carboxylic acids is 1. The topological polar surface area (TPSA) is 84.6 Å². The zero-order chi connectivity index (χ0) is 17.7. The van der Waals surface area contributed by atoms with Gasteiger partial charge in [0.2, 0.25) is 0 Å². The van der Waals surface area contributed by atoms with Gasteiger partial charge in [0, 0.05) is 17.2 Å². The number of carbonyl (C=O) groups is 1. The molecule has 0 atom stereocenters. The normalized spacial score (nSPS) is 11.0. The van der Waals surface area contributed by atoms with Crippen molar-refractivity contribution in [3.8, 4) is 0 Å². The van der Waals surface area contributed by atoms with E-state index in [4.69, 9.17) is 0 Å². The maximum Gasteiger partial charge on any atom is 0.273 e. The van der Waals surface area contributed by atoms with Crippen LogP contribution in [0.25, 0.3) is 0 Å². The smallest absolute Gasteiger partial charge is 0.267 e. The SMILES string of the molecule is Cc1ccc(C(=O)NN=Cc2ccc(C(C)C)cc2)cc1[N+](=O)[O-]. The number of nitrogens with one attached hydrogen (secondary N) is 1. The lowest BCUT2D eigenvalue weighted by Gasteiger charge is -2.04. The van der Waals surface area contributed by atoms with Gasteiger partial charge in [0.1, 0.15) is 0 Å². The highest BCUT2D eigenvalue weighted by molar-refractivity contribution is 5.95. The van der Waals surface area contributed by atoms with Gasteiger partial charge >= 0.3 is 0 Å². The van der Waals surface area contributed by atoms with Crippen molar-refractivity contribution in [1.82, 2.24) is 5.43 Å². The number of hydrogen-bond donors (Lipinski definition) is 1. The van der Waals surface area contributed by atoms with Gasteiger partial charge in [0.15, 0.2) is 0 Å². The second-order valence-corrected chi connectivity index (χ2v) is 5.78. The molecule has 0 saturated heterocycles. The Hall–Kier alpha value is -3.02. The van der Waals surface area contributed by atoms with E-state index in [1.807, 2.05) is 24.3 Å². The number of nitrogens with zero attached hydrogens (tertiary/aromatic N) is 2. The van der Waals surface area contributed by atoms with Gasteiger partial charge < -0.3 is 0 Å². The van der Waals surface area contributed by atoms with Crippen LogP contribution >= 0.6 is 0 Å². The Kier molecular flexibility index (Phi) is 5.42. The van der Waals surface area contributed by atoms with Crippen LogP contribution in [0.5, 0.6) is 0 Å². The van der Waals surface area contributed by atoms with Gasteiger partial charge in [0.05, 0.1) is 11.1 Å². The molecule has 0 aliphatic carbocycles. The third-order valence-electron chi connectivity index (χ3n) is 3.65. The highest BCUT2D eigenvalue weighted by Gasteiger charge is 2.14. The monoisotopic (exact) mass is 325 g/mol. The molecule has 24 heavy (non-hydrogen) atoms. The molecule has 1 amide bonds. The fourth-order valence-corrected chi connectivity index (χ4v) is 2.14. The summed E-state index contributed by atoms with van der Waals surface area (Å²) in [7, 11) is 0. The first-order valence-electron chi connectivity index (χ1n) is 7.57. The average Bonchev–Trinajstić information content (AvgIpc) is 2.55. The zero-order valence-corrected chi connectivity index (χ0v) is 13.8. The summed E-state index contributed by atoms with van der Waals surface area (Å²) in [6.45, 7) is 5.85. The second kappa shape index (κ2) is 7.50. The fraction of sp³-hybridized carbons (Fsp3) is 0.222. The van der Waals surface area contributed by atoms with Gasteiger partial charge in [-0.15, -0.1) is 0 Å². The van der Waals surface area contributed by atoms with Crippen LogP contribution < -0.4 is 5.43 Å². The maximum absolute atomic E-state index is 12.0. The van der Waals surface area contributed by atoms with Crippen molar-refractivity contribution in [2.24, 2.45) is 5.10 Å². The fourth-order valence-electron chi connectivity index (χ4n) is 2.14. The minimum Gasteiger partial charge on any atom is -0.267 e. The van der Waals surface area contributed by atoms with Crippen LogP contribution in [0, 0.1) is 17.0 Å². The maximum atomic E-state index is 12.0. The number of aryl methyl sites for hydroxylation is 1. The van der Waals surface area contributed by atoms with E-state index < -0.39 is 10.8 Å². The molecule has 6 heteroatoms. The van der Waals surface area contributed by atoms with Crippen molar-refractivity contribution in [1.29, 1.82) is 0 Å². The van der Waals surface area contributed by atoms with E-state index in [9.17, 15) is 14.9 Å². The Balaban J connectivity index is 2.05. The second-order valence-electron chi connectivity index (χ2n) is 5.78. The lowest BCUT2D eigenvalue weighted by atomic mass is 10.0. The summed E-state index contributed by atoms with van der Waals surface area (Å²) in [4.78, 5) is 22.4. The first-order chi connectivity index (χ1) is 11.4. The molecule has 2 aromatic rings. The first kappa shape index (κ1) is 17.3. The van der Waals surface area contributed by atoms with Crippen LogP contribution in [0.15, 0.2) is 47.6 Å². The van der Waals surface area contributed by atoms with Crippen LogP contribution in [0.3, 0.4) is 0 Å². The van der Waals surface area contributed by atoms with Crippen molar-refractivity contribution < 1.29 is 9.72 Å². The van der Waals surface area contributed by atoms with Crippen LogP contribution in [0.2, 0.25) is 0 Å². The minimum atomic E-state index is -0.508. The van der Waals surface area contributed by atoms with Gasteiger partial charge in [-0.3, -0.25) is 14.9 Å². The lowest BCUT2D eigenvalue weighted by Crippen LogP contribution is -2.17. The van der Waals surface area contributed by atoms with Crippen LogP contribution in [-0.4, -0.2) is 17.0 Å². The molecule has 0 aliphatic heterocycles. The molecular formula is C18H19N3O3. The highest BCUT2D eigenvalue weighted by atomic mass is 16.6. The molecule has 0 bridgehead atoms. The van der Waals surface area contributed by atoms with Gasteiger partial charge in [0.25, 0.3) is 11.6 Å². The summed E-state index contributed by atoms with van der Waals surface area (Å²) < 4.78 is 0. The van der Waals surface area contributed by atoms with E-state index in [1.54, 1.807) is 13.0 Å². The first-order valence-corrected chi connectivity index (χ1v) is 7.57. The molecule has 0 aliphatic rings. The van der Waals surface area contributed by atoms with Crippen LogP contribution in [-0.2, 0) is 0 Å². The molecular weight excluding hydrogens is 306 g/mol. The Morgan fingerprint density at radius 2 is 1.88 bits per heavy atom. The van der Waals surface area contributed by atoms with E-state index >= 15 is 0 Å². The molecule has 0 spiro atoms. The van der Waals surface area contributed by atoms with E-state index in [0.717, 1.165) is 5.56 Å². The third kappa shape index (κ3) is 4.25. The van der Waals surface area contributed by atoms with E-state index in [2.05, 4.69) is 24.4 Å². The predicted octanol–water partition coefficient (Wildman–Crippen LogP) is 3.79. The van der Waals surface area contributed by atoms with E-state index in [-0.39, 0.29) is 11.3 Å². The van der Waals surface area contributed by atoms with Crippen LogP contribution in [0.1, 0.15) is 46.8 Å². The number of rotatable bonds is 5. The van der Waals surface area contributed by atoms with Gasteiger partial charge in [-0.1, -0.05) is 44.2 Å². The summed E-state index contributed by atoms with van der Waals surface area (Å²) in [5.41, 5.74) is 5.07. The molecule has 6 nitrogen and oxygen atoms in total. The molecule has 0 radical (unpaired) electrons. The van der Waals surface area contributed by atoms with Crippen molar-refractivity contribution in [2.75, 3.05) is 0 Å². The molecule has 0 unspecified atom stereocenters. The Labute approximate surface area is 140 Å². The molecule has 0 saturated carbocycles. The quantitative estimate of drug-likeness (QED) is 0.515. The summed E-state index contributed by atoms with van der Waals surface area (Å²) in [6, 6.07) is 12.2. The largest absolute Gasteiger partial charge is 0.273 e. The van der Waals surface area contributed by atoms with Gasteiger partial charge in [-0.2, -0.15) is 5.10 Å². The van der Waals surface area contributed by atoms with Crippen molar-refractivity contribution in [2.45, 2.75) is 26.7 Å². The number of nitro groups is 1. The third-order valence-corrected chi connectivity index (χ3v) is 3.65.